The van der Waals surface area contributed by atoms with Crippen molar-refractivity contribution in [3.05, 3.63) is 23.8 Å². The lowest BCUT2D eigenvalue weighted by molar-refractivity contribution is 0.399. The van der Waals surface area contributed by atoms with Gasteiger partial charge in [-0.2, -0.15) is 8.42 Å². The Morgan fingerprint density at radius 3 is 2.40 bits per heavy atom. The molecule has 0 aliphatic heterocycles. The number of rotatable bonds is 4. The van der Waals surface area contributed by atoms with Crippen molar-refractivity contribution in [3.8, 4) is 11.5 Å². The second-order valence-corrected chi connectivity index (χ2v) is 4.23. The molecule has 0 N–H and O–H groups in total. The van der Waals surface area contributed by atoms with Gasteiger partial charge in [0.25, 0.3) is 0 Å². The van der Waals surface area contributed by atoms with Crippen LogP contribution in [-0.4, -0.2) is 22.6 Å². The maximum atomic E-state index is 12.5. The minimum absolute atomic E-state index is 0.236. The molecule has 6 heteroatoms. The first-order chi connectivity index (χ1) is 6.96. The molecule has 0 saturated heterocycles. The predicted octanol–water partition coefficient (Wildman–Crippen LogP) is 1.50. The highest BCUT2D eigenvalue weighted by atomic mass is 32.3. The lowest BCUT2D eigenvalue weighted by Crippen LogP contribution is -2.00. The fourth-order valence-electron chi connectivity index (χ4n) is 1.18. The normalized spacial score (nSPS) is 11.1. The van der Waals surface area contributed by atoms with Crippen LogP contribution in [0.5, 0.6) is 11.5 Å². The molecule has 0 amide bonds. The van der Waals surface area contributed by atoms with Crippen LogP contribution < -0.4 is 9.47 Å². The van der Waals surface area contributed by atoms with E-state index in [-0.39, 0.29) is 5.56 Å². The molecule has 0 bridgehead atoms. The summed E-state index contributed by atoms with van der Waals surface area (Å²) in [6, 6.07) is 4.56. The Balaban J connectivity index is 3.12. The third-order valence-corrected chi connectivity index (χ3v) is 2.47. The van der Waals surface area contributed by atoms with E-state index >= 15 is 0 Å². The van der Waals surface area contributed by atoms with Crippen molar-refractivity contribution in [1.29, 1.82) is 0 Å². The van der Waals surface area contributed by atoms with Gasteiger partial charge in [0.2, 0.25) is 0 Å². The maximum Gasteiger partial charge on any atom is 0.306 e. The highest BCUT2D eigenvalue weighted by Gasteiger charge is 2.14. The van der Waals surface area contributed by atoms with Crippen LogP contribution in [0.15, 0.2) is 18.2 Å². The van der Waals surface area contributed by atoms with E-state index < -0.39 is 16.0 Å². The van der Waals surface area contributed by atoms with Crippen molar-refractivity contribution in [3.63, 3.8) is 0 Å². The molecule has 0 aromatic heterocycles. The van der Waals surface area contributed by atoms with Crippen LogP contribution in [0, 0.1) is 0 Å². The van der Waals surface area contributed by atoms with Crippen LogP contribution in [0.4, 0.5) is 3.89 Å². The average Bonchev–Trinajstić information content (AvgIpc) is 2.15. The number of methoxy groups -OCH3 is 2. The third-order valence-electron chi connectivity index (χ3n) is 1.82. The van der Waals surface area contributed by atoms with Gasteiger partial charge in [-0.3, -0.25) is 0 Å². The van der Waals surface area contributed by atoms with Gasteiger partial charge in [0.05, 0.1) is 14.2 Å². The first kappa shape index (κ1) is 11.8. The minimum atomic E-state index is -4.57. The Bertz CT molecular complexity index is 441. The van der Waals surface area contributed by atoms with E-state index in [1.54, 1.807) is 6.07 Å². The second kappa shape index (κ2) is 4.48. The molecule has 0 heterocycles. The number of hydrogen-bond donors (Lipinski definition) is 0. The van der Waals surface area contributed by atoms with E-state index in [0.29, 0.717) is 11.5 Å². The van der Waals surface area contributed by atoms with Crippen LogP contribution in [0.25, 0.3) is 0 Å². The molecule has 15 heavy (non-hydrogen) atoms. The van der Waals surface area contributed by atoms with Crippen molar-refractivity contribution in [2.45, 2.75) is 5.75 Å². The molecule has 1 aromatic carbocycles. The second-order valence-electron chi connectivity index (χ2n) is 2.86. The molecule has 0 unspecified atom stereocenters. The van der Waals surface area contributed by atoms with Crippen LogP contribution in [0.2, 0.25) is 0 Å². The van der Waals surface area contributed by atoms with Crippen molar-refractivity contribution in [2.24, 2.45) is 0 Å². The van der Waals surface area contributed by atoms with Crippen molar-refractivity contribution in [1.82, 2.24) is 0 Å². The molecule has 0 aliphatic carbocycles. The van der Waals surface area contributed by atoms with Gasteiger partial charge >= 0.3 is 10.2 Å². The van der Waals surface area contributed by atoms with Gasteiger partial charge in [-0.1, -0.05) is 0 Å². The monoisotopic (exact) mass is 234 g/mol. The lowest BCUT2D eigenvalue weighted by Gasteiger charge is -2.08. The summed E-state index contributed by atoms with van der Waals surface area (Å²) in [5.74, 6) is 0.0550. The molecule has 0 spiro atoms. The Kier molecular flexibility index (Phi) is 3.52. The summed E-state index contributed by atoms with van der Waals surface area (Å²) < 4.78 is 43.3. The smallest absolute Gasteiger partial charge is 0.306 e. The van der Waals surface area contributed by atoms with Gasteiger partial charge in [-0.05, 0) is 18.2 Å². The molecule has 84 valence electrons. The molecule has 1 aromatic rings. The average molecular weight is 234 g/mol. The predicted molar refractivity (Wildman–Crippen MR) is 53.3 cm³/mol. The van der Waals surface area contributed by atoms with Crippen LogP contribution in [0.3, 0.4) is 0 Å². The summed E-state index contributed by atoms with van der Waals surface area (Å²) in [5, 5.41) is 0. The van der Waals surface area contributed by atoms with Gasteiger partial charge in [0.15, 0.2) is 0 Å². The molecule has 0 fully saturated rings. The molecule has 1 rings (SSSR count). The summed E-state index contributed by atoms with van der Waals surface area (Å²) in [6.45, 7) is 0. The third kappa shape index (κ3) is 3.39. The van der Waals surface area contributed by atoms with E-state index in [2.05, 4.69) is 0 Å². The highest BCUT2D eigenvalue weighted by Crippen LogP contribution is 2.25. The molecule has 0 radical (unpaired) electrons. The molecular formula is C9H11FO4S. The minimum Gasteiger partial charge on any atom is -0.497 e. The molecule has 0 saturated carbocycles. The van der Waals surface area contributed by atoms with Gasteiger partial charge in [0.1, 0.15) is 17.3 Å². The van der Waals surface area contributed by atoms with Crippen molar-refractivity contribution in [2.75, 3.05) is 14.2 Å². The van der Waals surface area contributed by atoms with Crippen LogP contribution in [-0.2, 0) is 16.0 Å². The number of ether oxygens (including phenoxy) is 2. The van der Waals surface area contributed by atoms with E-state index in [1.807, 2.05) is 0 Å². The lowest BCUT2D eigenvalue weighted by atomic mass is 10.2. The zero-order chi connectivity index (χ0) is 11.5. The highest BCUT2D eigenvalue weighted by molar-refractivity contribution is 7.85. The Morgan fingerprint density at radius 2 is 1.93 bits per heavy atom. The molecule has 4 nitrogen and oxygen atoms in total. The van der Waals surface area contributed by atoms with Crippen molar-refractivity contribution < 1.29 is 21.8 Å². The number of benzene rings is 1. The SMILES string of the molecule is COc1ccc(OC)c(CS(=O)(=O)F)c1. The largest absolute Gasteiger partial charge is 0.497 e. The first-order valence-electron chi connectivity index (χ1n) is 4.09. The van der Waals surface area contributed by atoms with Gasteiger partial charge in [-0.15, -0.1) is 3.89 Å². The van der Waals surface area contributed by atoms with E-state index in [4.69, 9.17) is 9.47 Å². The fourth-order valence-corrected chi connectivity index (χ4v) is 1.78. The quantitative estimate of drug-likeness (QED) is 0.741. The Morgan fingerprint density at radius 1 is 1.27 bits per heavy atom. The van der Waals surface area contributed by atoms with Crippen LogP contribution >= 0.6 is 0 Å². The summed E-state index contributed by atoms with van der Waals surface area (Å²) in [6.07, 6.45) is 0. The zero-order valence-electron chi connectivity index (χ0n) is 8.36. The molecule has 0 atom stereocenters. The maximum absolute atomic E-state index is 12.5. The van der Waals surface area contributed by atoms with E-state index in [1.165, 1.54) is 26.4 Å². The van der Waals surface area contributed by atoms with E-state index in [0.717, 1.165) is 0 Å². The summed E-state index contributed by atoms with van der Waals surface area (Å²) >= 11 is 0. The first-order valence-corrected chi connectivity index (χ1v) is 5.65. The van der Waals surface area contributed by atoms with Crippen LogP contribution in [0.1, 0.15) is 5.56 Å². The fraction of sp³-hybridized carbons (Fsp3) is 0.333. The number of halogens is 1. The molecule has 0 aliphatic rings. The Hall–Kier alpha value is -1.30. The zero-order valence-corrected chi connectivity index (χ0v) is 9.17. The summed E-state index contributed by atoms with van der Waals surface area (Å²) in [7, 11) is -1.75. The Labute approximate surface area is 87.8 Å². The standard InChI is InChI=1S/C9H11FO4S/c1-13-8-3-4-9(14-2)7(5-8)6-15(10,11)12/h3-5H,6H2,1-2H3. The topological polar surface area (TPSA) is 52.6 Å². The van der Waals surface area contributed by atoms with Gasteiger partial charge in [0, 0.05) is 5.56 Å². The van der Waals surface area contributed by atoms with Gasteiger partial charge < -0.3 is 9.47 Å². The van der Waals surface area contributed by atoms with Crippen molar-refractivity contribution >= 4 is 10.2 Å². The van der Waals surface area contributed by atoms with Gasteiger partial charge in [-0.25, -0.2) is 0 Å². The summed E-state index contributed by atoms with van der Waals surface area (Å²) in [5.41, 5.74) is 0.236. The molecular weight excluding hydrogens is 223 g/mol. The number of hydrogen-bond acceptors (Lipinski definition) is 4. The van der Waals surface area contributed by atoms with E-state index in [9.17, 15) is 12.3 Å². The summed E-state index contributed by atoms with van der Waals surface area (Å²) in [4.78, 5) is 0.